The largest absolute Gasteiger partial charge is 0.493 e. The fraction of sp³-hybridized carbons (Fsp3) is 0.250. The minimum atomic E-state index is -1.48. The van der Waals surface area contributed by atoms with Crippen LogP contribution in [0.2, 0.25) is 0 Å². The van der Waals surface area contributed by atoms with Crippen LogP contribution in [-0.2, 0) is 6.42 Å². The summed E-state index contributed by atoms with van der Waals surface area (Å²) in [5, 5.41) is -0.748. The summed E-state index contributed by atoms with van der Waals surface area (Å²) in [6, 6.07) is 7.26. The Balaban J connectivity index is 1.96. The van der Waals surface area contributed by atoms with Gasteiger partial charge in [0, 0.05) is 0 Å². The molecule has 0 spiro atoms. The number of ether oxygens (including phenoxy) is 1. The molecule has 1 unspecified atom stereocenters. The van der Waals surface area contributed by atoms with Crippen LogP contribution in [0.5, 0.6) is 5.75 Å². The summed E-state index contributed by atoms with van der Waals surface area (Å²) >= 11 is 6.27. The number of hydrogen-bond acceptors (Lipinski definition) is 1. The Morgan fingerprint density at radius 3 is 2.43 bits per heavy atom. The number of benzene rings is 2. The zero-order valence-corrected chi connectivity index (χ0v) is 11.8. The van der Waals surface area contributed by atoms with Crippen LogP contribution in [0, 0.1) is 17.5 Å². The number of hydrogen-bond donors (Lipinski definition) is 0. The number of fused-ring (bicyclic) bond motifs is 1. The standard InChI is InChI=1S/C16H12ClF3O/c17-15(11-7-12(18)16(20)13(19)8-11)10-3-4-14-9(6-10)2-1-5-21-14/h3-4,6-8,15H,1-2,5H2. The van der Waals surface area contributed by atoms with Crippen LogP contribution < -0.4 is 4.74 Å². The molecule has 21 heavy (non-hydrogen) atoms. The van der Waals surface area contributed by atoms with Crippen molar-refractivity contribution in [3.8, 4) is 5.75 Å². The van der Waals surface area contributed by atoms with Gasteiger partial charge >= 0.3 is 0 Å². The van der Waals surface area contributed by atoms with Gasteiger partial charge in [-0.3, -0.25) is 0 Å². The smallest absolute Gasteiger partial charge is 0.194 e. The molecule has 0 saturated heterocycles. The second kappa shape index (κ2) is 5.60. The Bertz CT molecular complexity index is 664. The Kier molecular flexibility index (Phi) is 3.81. The van der Waals surface area contributed by atoms with Crippen molar-refractivity contribution in [2.75, 3.05) is 6.61 Å². The Morgan fingerprint density at radius 1 is 1.00 bits per heavy atom. The van der Waals surface area contributed by atoms with Gasteiger partial charge in [0.15, 0.2) is 17.5 Å². The molecule has 0 radical (unpaired) electrons. The molecule has 1 heterocycles. The molecule has 0 saturated carbocycles. The number of aryl methyl sites for hydroxylation is 1. The molecule has 1 aliphatic heterocycles. The molecular weight excluding hydrogens is 301 g/mol. The lowest BCUT2D eigenvalue weighted by Crippen LogP contribution is -2.09. The predicted octanol–water partition coefficient (Wildman–Crippen LogP) is 4.76. The van der Waals surface area contributed by atoms with E-state index in [4.69, 9.17) is 16.3 Å². The Hall–Kier alpha value is -1.68. The SMILES string of the molecule is Fc1cc(C(Cl)c2ccc3c(c2)CCCO3)cc(F)c1F. The van der Waals surface area contributed by atoms with E-state index >= 15 is 0 Å². The Labute approximate surface area is 125 Å². The van der Waals surface area contributed by atoms with Crippen LogP contribution in [0.15, 0.2) is 30.3 Å². The lowest BCUT2D eigenvalue weighted by atomic mass is 9.98. The van der Waals surface area contributed by atoms with E-state index in [0.29, 0.717) is 12.2 Å². The highest BCUT2D eigenvalue weighted by Crippen LogP contribution is 2.34. The maximum atomic E-state index is 13.3. The molecule has 5 heteroatoms. The molecule has 0 aliphatic carbocycles. The van der Waals surface area contributed by atoms with E-state index in [0.717, 1.165) is 36.3 Å². The van der Waals surface area contributed by atoms with Crippen LogP contribution in [0.1, 0.15) is 28.5 Å². The minimum absolute atomic E-state index is 0.185. The molecule has 110 valence electrons. The van der Waals surface area contributed by atoms with E-state index in [1.165, 1.54) is 0 Å². The molecule has 0 aromatic heterocycles. The number of alkyl halides is 1. The molecule has 2 aromatic carbocycles. The fourth-order valence-corrected chi connectivity index (χ4v) is 2.71. The van der Waals surface area contributed by atoms with E-state index in [9.17, 15) is 13.2 Å². The van der Waals surface area contributed by atoms with Gasteiger partial charge in [-0.05, 0) is 47.7 Å². The third-order valence-electron chi connectivity index (χ3n) is 3.52. The highest BCUT2D eigenvalue weighted by atomic mass is 35.5. The summed E-state index contributed by atoms with van der Waals surface area (Å²) in [5.41, 5.74) is 1.91. The highest BCUT2D eigenvalue weighted by molar-refractivity contribution is 6.22. The zero-order valence-electron chi connectivity index (χ0n) is 11.0. The van der Waals surface area contributed by atoms with Gasteiger partial charge in [-0.2, -0.15) is 0 Å². The third-order valence-corrected chi connectivity index (χ3v) is 4.03. The lowest BCUT2D eigenvalue weighted by molar-refractivity contribution is 0.288. The summed E-state index contributed by atoms with van der Waals surface area (Å²) in [6.07, 6.45) is 1.79. The molecule has 0 bridgehead atoms. The summed E-state index contributed by atoms with van der Waals surface area (Å²) in [7, 11) is 0. The van der Waals surface area contributed by atoms with Crippen LogP contribution in [0.3, 0.4) is 0 Å². The molecular formula is C16H12ClF3O. The van der Waals surface area contributed by atoms with Crippen molar-refractivity contribution in [2.45, 2.75) is 18.2 Å². The highest BCUT2D eigenvalue weighted by Gasteiger charge is 2.19. The first-order valence-electron chi connectivity index (χ1n) is 6.60. The van der Waals surface area contributed by atoms with Gasteiger partial charge in [-0.1, -0.05) is 12.1 Å². The molecule has 2 aromatic rings. The van der Waals surface area contributed by atoms with Crippen LogP contribution in [0.4, 0.5) is 13.2 Å². The summed E-state index contributed by atoms with van der Waals surface area (Å²) in [4.78, 5) is 0. The fourth-order valence-electron chi connectivity index (χ4n) is 2.45. The van der Waals surface area contributed by atoms with Crippen molar-refractivity contribution >= 4 is 11.6 Å². The lowest BCUT2D eigenvalue weighted by Gasteiger charge is -2.19. The average molecular weight is 313 g/mol. The van der Waals surface area contributed by atoms with Gasteiger partial charge in [0.2, 0.25) is 0 Å². The molecule has 3 rings (SSSR count). The third kappa shape index (κ3) is 2.72. The zero-order chi connectivity index (χ0) is 15.0. The van der Waals surface area contributed by atoms with E-state index < -0.39 is 22.8 Å². The molecule has 1 atom stereocenters. The van der Waals surface area contributed by atoms with Crippen molar-refractivity contribution in [1.29, 1.82) is 0 Å². The van der Waals surface area contributed by atoms with Gasteiger partial charge in [0.25, 0.3) is 0 Å². The van der Waals surface area contributed by atoms with Crippen molar-refractivity contribution < 1.29 is 17.9 Å². The Morgan fingerprint density at radius 2 is 1.71 bits per heavy atom. The van der Waals surface area contributed by atoms with E-state index in [1.807, 2.05) is 6.07 Å². The van der Waals surface area contributed by atoms with Crippen LogP contribution in [0.25, 0.3) is 0 Å². The molecule has 1 aliphatic rings. The van der Waals surface area contributed by atoms with Crippen LogP contribution in [-0.4, -0.2) is 6.61 Å². The molecule has 0 N–H and O–H groups in total. The van der Waals surface area contributed by atoms with Gasteiger partial charge < -0.3 is 4.74 Å². The van der Waals surface area contributed by atoms with Gasteiger partial charge in [-0.15, -0.1) is 11.6 Å². The molecule has 0 amide bonds. The quantitative estimate of drug-likeness (QED) is 0.574. The summed E-state index contributed by atoms with van der Waals surface area (Å²) in [5.74, 6) is -3.15. The van der Waals surface area contributed by atoms with Gasteiger partial charge in [0.05, 0.1) is 12.0 Å². The van der Waals surface area contributed by atoms with Crippen molar-refractivity contribution in [2.24, 2.45) is 0 Å². The topological polar surface area (TPSA) is 9.23 Å². The molecule has 0 fully saturated rings. The summed E-state index contributed by atoms with van der Waals surface area (Å²) in [6.45, 7) is 0.686. The monoisotopic (exact) mass is 312 g/mol. The van der Waals surface area contributed by atoms with Crippen molar-refractivity contribution in [3.63, 3.8) is 0 Å². The first-order valence-corrected chi connectivity index (χ1v) is 7.04. The maximum Gasteiger partial charge on any atom is 0.194 e. The second-order valence-electron chi connectivity index (χ2n) is 4.98. The van der Waals surface area contributed by atoms with E-state index in [-0.39, 0.29) is 5.56 Å². The van der Waals surface area contributed by atoms with Gasteiger partial charge in [-0.25, -0.2) is 13.2 Å². The van der Waals surface area contributed by atoms with E-state index in [1.54, 1.807) is 12.1 Å². The number of rotatable bonds is 2. The second-order valence-corrected chi connectivity index (χ2v) is 5.42. The van der Waals surface area contributed by atoms with E-state index in [2.05, 4.69) is 0 Å². The van der Waals surface area contributed by atoms with Crippen molar-refractivity contribution in [3.05, 3.63) is 64.5 Å². The first kappa shape index (κ1) is 14.3. The minimum Gasteiger partial charge on any atom is -0.493 e. The average Bonchev–Trinajstić information content (AvgIpc) is 2.51. The first-order chi connectivity index (χ1) is 10.1. The predicted molar refractivity (Wildman–Crippen MR) is 74.3 cm³/mol. The van der Waals surface area contributed by atoms with Gasteiger partial charge in [0.1, 0.15) is 5.75 Å². The summed E-state index contributed by atoms with van der Waals surface area (Å²) < 4.78 is 45.1. The van der Waals surface area contributed by atoms with Crippen LogP contribution >= 0.6 is 11.6 Å². The van der Waals surface area contributed by atoms with Crippen molar-refractivity contribution in [1.82, 2.24) is 0 Å². The number of halogens is 4. The normalized spacial score (nSPS) is 15.2. The maximum absolute atomic E-state index is 13.3. The molecule has 1 nitrogen and oxygen atoms in total.